The van der Waals surface area contributed by atoms with Crippen LogP contribution < -0.4 is 4.74 Å². The summed E-state index contributed by atoms with van der Waals surface area (Å²) in [5.41, 5.74) is 1.94. The van der Waals surface area contributed by atoms with Crippen molar-refractivity contribution in [1.82, 2.24) is 0 Å². The van der Waals surface area contributed by atoms with Crippen LogP contribution in [-0.4, -0.2) is 6.29 Å². The largest absolute Gasteiger partial charge is 0.457 e. The Kier molecular flexibility index (Phi) is 4.35. The molecule has 2 rings (SSSR count). The van der Waals surface area contributed by atoms with Crippen molar-refractivity contribution in [3.8, 4) is 11.5 Å². The lowest BCUT2D eigenvalue weighted by molar-refractivity contribution is 0.112. The summed E-state index contributed by atoms with van der Waals surface area (Å²) < 4.78 is 5.73. The lowest BCUT2D eigenvalue weighted by Crippen LogP contribution is -1.91. The van der Waals surface area contributed by atoms with E-state index in [9.17, 15) is 4.79 Å². The Bertz CT molecular complexity index is 543. The molecule has 0 aliphatic heterocycles. The van der Waals surface area contributed by atoms with E-state index in [1.165, 1.54) is 5.56 Å². The molecule has 0 aliphatic carbocycles. The SMILES string of the molecule is CCC(C)c1ccc(Oc2cccc(C=O)c2)cc1. The lowest BCUT2D eigenvalue weighted by atomic mass is 9.99. The summed E-state index contributed by atoms with van der Waals surface area (Å²) in [5.74, 6) is 2.03. The third-order valence-corrected chi connectivity index (χ3v) is 3.29. The molecule has 0 N–H and O–H groups in total. The highest BCUT2D eigenvalue weighted by Gasteiger charge is 2.03. The molecule has 0 saturated carbocycles. The van der Waals surface area contributed by atoms with Gasteiger partial charge in [-0.25, -0.2) is 0 Å². The average Bonchev–Trinajstić information content (AvgIpc) is 2.47. The van der Waals surface area contributed by atoms with E-state index in [2.05, 4.69) is 26.0 Å². The summed E-state index contributed by atoms with van der Waals surface area (Å²) in [6, 6.07) is 15.3. The molecule has 0 spiro atoms. The first-order valence-corrected chi connectivity index (χ1v) is 6.56. The van der Waals surface area contributed by atoms with Crippen molar-refractivity contribution >= 4 is 6.29 Å². The number of carbonyl (C=O) groups is 1. The van der Waals surface area contributed by atoms with Crippen molar-refractivity contribution in [1.29, 1.82) is 0 Å². The zero-order valence-corrected chi connectivity index (χ0v) is 11.3. The van der Waals surface area contributed by atoms with E-state index in [0.717, 1.165) is 18.5 Å². The minimum absolute atomic E-state index is 0.562. The molecule has 2 aromatic rings. The van der Waals surface area contributed by atoms with Crippen LogP contribution >= 0.6 is 0 Å². The third kappa shape index (κ3) is 3.44. The fraction of sp³-hybridized carbons (Fsp3) is 0.235. The van der Waals surface area contributed by atoms with Crippen molar-refractivity contribution < 1.29 is 9.53 Å². The molecule has 0 aromatic heterocycles. The maximum Gasteiger partial charge on any atom is 0.150 e. The normalized spacial score (nSPS) is 11.9. The fourth-order valence-corrected chi connectivity index (χ4v) is 1.89. The first-order valence-electron chi connectivity index (χ1n) is 6.56. The van der Waals surface area contributed by atoms with Gasteiger partial charge in [-0.2, -0.15) is 0 Å². The minimum Gasteiger partial charge on any atom is -0.457 e. The molecule has 0 bridgehead atoms. The van der Waals surface area contributed by atoms with Gasteiger partial charge in [-0.3, -0.25) is 4.79 Å². The summed E-state index contributed by atoms with van der Waals surface area (Å²) in [5, 5.41) is 0. The number of carbonyl (C=O) groups excluding carboxylic acids is 1. The lowest BCUT2D eigenvalue weighted by Gasteiger charge is -2.10. The van der Waals surface area contributed by atoms with Crippen LogP contribution in [0.1, 0.15) is 42.1 Å². The molecule has 0 amide bonds. The summed E-state index contributed by atoms with van der Waals surface area (Å²) in [7, 11) is 0. The van der Waals surface area contributed by atoms with Crippen molar-refractivity contribution in [3.05, 3.63) is 59.7 Å². The Hall–Kier alpha value is -2.09. The molecule has 0 fully saturated rings. The molecule has 19 heavy (non-hydrogen) atoms. The van der Waals surface area contributed by atoms with E-state index >= 15 is 0 Å². The average molecular weight is 254 g/mol. The van der Waals surface area contributed by atoms with Gasteiger partial charge in [-0.15, -0.1) is 0 Å². The maximum absolute atomic E-state index is 10.7. The van der Waals surface area contributed by atoms with Crippen LogP contribution in [0.5, 0.6) is 11.5 Å². The van der Waals surface area contributed by atoms with Gasteiger partial charge < -0.3 is 4.74 Å². The molecule has 98 valence electrons. The van der Waals surface area contributed by atoms with E-state index in [1.807, 2.05) is 24.3 Å². The standard InChI is InChI=1S/C17H18O2/c1-3-13(2)15-7-9-16(10-8-15)19-17-6-4-5-14(11-17)12-18/h4-13H,3H2,1-2H3. The van der Waals surface area contributed by atoms with Crippen LogP contribution in [0, 0.1) is 0 Å². The van der Waals surface area contributed by atoms with Crippen LogP contribution in [0.15, 0.2) is 48.5 Å². The smallest absolute Gasteiger partial charge is 0.150 e. The Morgan fingerprint density at radius 1 is 1.11 bits per heavy atom. The van der Waals surface area contributed by atoms with E-state index in [1.54, 1.807) is 12.1 Å². The van der Waals surface area contributed by atoms with Gasteiger partial charge in [0.25, 0.3) is 0 Å². The Labute approximate surface area is 114 Å². The van der Waals surface area contributed by atoms with Crippen molar-refractivity contribution in [2.75, 3.05) is 0 Å². The minimum atomic E-state index is 0.562. The van der Waals surface area contributed by atoms with Gasteiger partial charge in [0.15, 0.2) is 0 Å². The van der Waals surface area contributed by atoms with Crippen LogP contribution in [-0.2, 0) is 0 Å². The number of benzene rings is 2. The molecular formula is C17H18O2. The summed E-state index contributed by atoms with van der Waals surface area (Å²) in [6.45, 7) is 4.39. The highest BCUT2D eigenvalue weighted by Crippen LogP contribution is 2.25. The highest BCUT2D eigenvalue weighted by atomic mass is 16.5. The monoisotopic (exact) mass is 254 g/mol. The van der Waals surface area contributed by atoms with Crippen LogP contribution in [0.4, 0.5) is 0 Å². The molecule has 1 atom stereocenters. The maximum atomic E-state index is 10.7. The van der Waals surface area contributed by atoms with Gasteiger partial charge in [-0.1, -0.05) is 38.1 Å². The molecule has 2 aromatic carbocycles. The highest BCUT2D eigenvalue weighted by molar-refractivity contribution is 5.75. The predicted molar refractivity (Wildman–Crippen MR) is 77.1 cm³/mol. The van der Waals surface area contributed by atoms with E-state index in [0.29, 0.717) is 17.2 Å². The van der Waals surface area contributed by atoms with Crippen molar-refractivity contribution in [2.24, 2.45) is 0 Å². The zero-order chi connectivity index (χ0) is 13.7. The molecule has 0 radical (unpaired) electrons. The molecule has 0 saturated heterocycles. The molecule has 1 unspecified atom stereocenters. The molecular weight excluding hydrogens is 236 g/mol. The molecule has 0 aliphatic rings. The van der Waals surface area contributed by atoms with Gasteiger partial charge >= 0.3 is 0 Å². The number of aldehydes is 1. The summed E-state index contributed by atoms with van der Waals surface area (Å²) in [4.78, 5) is 10.7. The van der Waals surface area contributed by atoms with Gasteiger partial charge in [0, 0.05) is 5.56 Å². The summed E-state index contributed by atoms with van der Waals surface area (Å²) >= 11 is 0. The van der Waals surface area contributed by atoms with Crippen molar-refractivity contribution in [2.45, 2.75) is 26.2 Å². The number of hydrogen-bond donors (Lipinski definition) is 0. The quantitative estimate of drug-likeness (QED) is 0.716. The van der Waals surface area contributed by atoms with E-state index in [4.69, 9.17) is 4.74 Å². The topological polar surface area (TPSA) is 26.3 Å². The summed E-state index contributed by atoms with van der Waals surface area (Å²) in [6.07, 6.45) is 1.94. The van der Waals surface area contributed by atoms with Crippen LogP contribution in [0.3, 0.4) is 0 Å². The Balaban J connectivity index is 2.12. The van der Waals surface area contributed by atoms with Gasteiger partial charge in [0.05, 0.1) is 0 Å². The third-order valence-electron chi connectivity index (χ3n) is 3.29. The Morgan fingerprint density at radius 3 is 2.47 bits per heavy atom. The van der Waals surface area contributed by atoms with Gasteiger partial charge in [0.2, 0.25) is 0 Å². The van der Waals surface area contributed by atoms with Crippen molar-refractivity contribution in [3.63, 3.8) is 0 Å². The number of rotatable bonds is 5. The predicted octanol–water partition coefficient (Wildman–Crippen LogP) is 4.80. The van der Waals surface area contributed by atoms with Gasteiger partial charge in [0.1, 0.15) is 17.8 Å². The first-order chi connectivity index (χ1) is 9.22. The van der Waals surface area contributed by atoms with E-state index in [-0.39, 0.29) is 0 Å². The second-order valence-electron chi connectivity index (χ2n) is 4.67. The van der Waals surface area contributed by atoms with Crippen LogP contribution in [0.25, 0.3) is 0 Å². The molecule has 0 heterocycles. The second kappa shape index (κ2) is 6.19. The second-order valence-corrected chi connectivity index (χ2v) is 4.67. The molecule has 2 nitrogen and oxygen atoms in total. The number of ether oxygens (including phenoxy) is 1. The van der Waals surface area contributed by atoms with Gasteiger partial charge in [-0.05, 0) is 42.2 Å². The zero-order valence-electron chi connectivity index (χ0n) is 11.3. The fourth-order valence-electron chi connectivity index (χ4n) is 1.89. The van der Waals surface area contributed by atoms with Crippen LogP contribution in [0.2, 0.25) is 0 Å². The molecule has 2 heteroatoms. The van der Waals surface area contributed by atoms with E-state index < -0.39 is 0 Å². The first kappa shape index (κ1) is 13.3. The number of hydrogen-bond acceptors (Lipinski definition) is 2. The Morgan fingerprint density at radius 2 is 1.84 bits per heavy atom.